The Kier molecular flexibility index (Phi) is 7.64. The largest absolute Gasteiger partial charge is 0.489 e. The number of anilines is 1. The number of hydrogen-bond donors (Lipinski definition) is 2. The van der Waals surface area contributed by atoms with E-state index >= 15 is 0 Å². The van der Waals surface area contributed by atoms with Crippen LogP contribution in [-0.4, -0.2) is 41.5 Å². The molecule has 2 aromatic rings. The lowest BCUT2D eigenvalue weighted by atomic mass is 10.2. The van der Waals surface area contributed by atoms with Gasteiger partial charge in [0.05, 0.1) is 13.1 Å². The third-order valence-corrected chi connectivity index (χ3v) is 3.65. The molecule has 0 unspecified atom stereocenters. The zero-order chi connectivity index (χ0) is 18.8. The van der Waals surface area contributed by atoms with Gasteiger partial charge in [-0.3, -0.25) is 14.5 Å². The van der Waals surface area contributed by atoms with E-state index in [1.54, 1.807) is 29.2 Å². The monoisotopic (exact) mass is 356 g/mol. The first-order chi connectivity index (χ1) is 12.6. The second-order valence-corrected chi connectivity index (χ2v) is 5.95. The van der Waals surface area contributed by atoms with Crippen LogP contribution in [0.2, 0.25) is 0 Å². The van der Waals surface area contributed by atoms with Crippen LogP contribution in [0.1, 0.15) is 18.9 Å². The van der Waals surface area contributed by atoms with Crippen molar-refractivity contribution >= 4 is 17.6 Å². The summed E-state index contributed by atoms with van der Waals surface area (Å²) >= 11 is 0. The van der Waals surface area contributed by atoms with E-state index in [4.69, 9.17) is 9.84 Å². The number of aliphatic carboxylic acids is 1. The van der Waals surface area contributed by atoms with Gasteiger partial charge in [0.2, 0.25) is 5.91 Å². The summed E-state index contributed by atoms with van der Waals surface area (Å²) in [5, 5.41) is 11.7. The van der Waals surface area contributed by atoms with E-state index in [-0.39, 0.29) is 19.0 Å². The Bertz CT molecular complexity index is 702. The summed E-state index contributed by atoms with van der Waals surface area (Å²) in [5.41, 5.74) is 1.73. The lowest BCUT2D eigenvalue weighted by molar-refractivity contribution is -0.138. The van der Waals surface area contributed by atoms with Gasteiger partial charge in [-0.2, -0.15) is 0 Å². The molecule has 2 rings (SSSR count). The van der Waals surface area contributed by atoms with Crippen molar-refractivity contribution in [3.63, 3.8) is 0 Å². The Hall–Kier alpha value is -2.86. The quantitative estimate of drug-likeness (QED) is 0.684. The normalized spacial score (nSPS) is 10.5. The summed E-state index contributed by atoms with van der Waals surface area (Å²) in [6.07, 6.45) is 0.786. The van der Waals surface area contributed by atoms with E-state index < -0.39 is 5.97 Å². The zero-order valence-corrected chi connectivity index (χ0v) is 14.9. The highest BCUT2D eigenvalue weighted by atomic mass is 16.5. The highest BCUT2D eigenvalue weighted by Crippen LogP contribution is 2.17. The average molecular weight is 356 g/mol. The number of rotatable bonds is 10. The molecular formula is C20H24N2O4. The summed E-state index contributed by atoms with van der Waals surface area (Å²) < 4.78 is 5.71. The standard InChI is InChI=1S/C20H24N2O4/c1-2-12-22(14-20(24)25)13-19(23)21-17-8-10-18(11-9-17)26-15-16-6-4-3-5-7-16/h3-11H,2,12-15H2,1H3,(H,21,23)(H,24,25). The van der Waals surface area contributed by atoms with Crippen molar-refractivity contribution in [3.8, 4) is 5.75 Å². The van der Waals surface area contributed by atoms with Crippen LogP contribution >= 0.6 is 0 Å². The Morgan fingerprint density at radius 1 is 1.04 bits per heavy atom. The number of nitrogens with one attached hydrogen (secondary N) is 1. The number of carbonyl (C=O) groups is 2. The Labute approximate surface area is 153 Å². The molecule has 0 atom stereocenters. The lowest BCUT2D eigenvalue weighted by Gasteiger charge is -2.18. The fraction of sp³-hybridized carbons (Fsp3) is 0.300. The van der Waals surface area contributed by atoms with Crippen LogP contribution in [0, 0.1) is 0 Å². The number of ether oxygens (including phenoxy) is 1. The van der Waals surface area contributed by atoms with Crippen molar-refractivity contribution in [2.45, 2.75) is 20.0 Å². The molecule has 0 saturated heterocycles. The molecule has 0 saturated carbocycles. The SMILES string of the molecule is CCCN(CC(=O)O)CC(=O)Nc1ccc(OCc2ccccc2)cc1. The molecule has 0 aliphatic rings. The summed E-state index contributed by atoms with van der Waals surface area (Å²) in [5.74, 6) is -0.464. The summed E-state index contributed by atoms with van der Waals surface area (Å²) in [6.45, 7) is 2.89. The van der Waals surface area contributed by atoms with Gasteiger partial charge in [-0.05, 0) is 42.8 Å². The van der Waals surface area contributed by atoms with Crippen molar-refractivity contribution in [3.05, 3.63) is 60.2 Å². The van der Waals surface area contributed by atoms with Crippen molar-refractivity contribution in [1.29, 1.82) is 0 Å². The van der Waals surface area contributed by atoms with Crippen LogP contribution in [-0.2, 0) is 16.2 Å². The number of amides is 1. The van der Waals surface area contributed by atoms with Crippen molar-refractivity contribution in [1.82, 2.24) is 4.90 Å². The second-order valence-electron chi connectivity index (χ2n) is 5.95. The van der Waals surface area contributed by atoms with Crippen LogP contribution in [0.4, 0.5) is 5.69 Å². The van der Waals surface area contributed by atoms with E-state index in [1.165, 1.54) is 0 Å². The third-order valence-electron chi connectivity index (χ3n) is 3.65. The first-order valence-electron chi connectivity index (χ1n) is 8.57. The highest BCUT2D eigenvalue weighted by molar-refractivity contribution is 5.92. The number of hydrogen-bond acceptors (Lipinski definition) is 4. The molecule has 0 aliphatic heterocycles. The van der Waals surface area contributed by atoms with Crippen molar-refractivity contribution < 1.29 is 19.4 Å². The van der Waals surface area contributed by atoms with E-state index in [2.05, 4.69) is 5.32 Å². The molecule has 0 bridgehead atoms. The van der Waals surface area contributed by atoms with Gasteiger partial charge in [0.25, 0.3) is 0 Å². The van der Waals surface area contributed by atoms with Gasteiger partial charge < -0.3 is 15.2 Å². The highest BCUT2D eigenvalue weighted by Gasteiger charge is 2.13. The van der Waals surface area contributed by atoms with Gasteiger partial charge in [0.15, 0.2) is 0 Å². The molecule has 0 heterocycles. The summed E-state index contributed by atoms with van der Waals surface area (Å²) in [6, 6.07) is 17.0. The van der Waals surface area contributed by atoms with Crippen LogP contribution < -0.4 is 10.1 Å². The van der Waals surface area contributed by atoms with Crippen LogP contribution in [0.25, 0.3) is 0 Å². The predicted octanol–water partition coefficient (Wildman–Crippen LogP) is 3.00. The molecule has 0 radical (unpaired) electrons. The fourth-order valence-corrected chi connectivity index (χ4v) is 2.50. The molecule has 0 aromatic heterocycles. The molecule has 0 aliphatic carbocycles. The smallest absolute Gasteiger partial charge is 0.317 e. The lowest BCUT2D eigenvalue weighted by Crippen LogP contribution is -2.37. The Morgan fingerprint density at radius 3 is 2.35 bits per heavy atom. The van der Waals surface area contributed by atoms with Crippen LogP contribution in [0.15, 0.2) is 54.6 Å². The van der Waals surface area contributed by atoms with Gasteiger partial charge in [0, 0.05) is 5.69 Å². The van der Waals surface area contributed by atoms with Gasteiger partial charge in [0.1, 0.15) is 12.4 Å². The van der Waals surface area contributed by atoms with Gasteiger partial charge in [-0.25, -0.2) is 0 Å². The molecule has 2 N–H and O–H groups in total. The van der Waals surface area contributed by atoms with Crippen molar-refractivity contribution in [2.75, 3.05) is 25.0 Å². The molecule has 2 aromatic carbocycles. The molecule has 138 valence electrons. The minimum atomic E-state index is -0.939. The van der Waals surface area contributed by atoms with Crippen LogP contribution in [0.3, 0.4) is 0 Å². The average Bonchev–Trinajstić information content (AvgIpc) is 2.61. The van der Waals surface area contributed by atoms with E-state index in [0.29, 0.717) is 24.6 Å². The molecule has 1 amide bonds. The van der Waals surface area contributed by atoms with E-state index in [0.717, 1.165) is 12.0 Å². The van der Waals surface area contributed by atoms with Crippen LogP contribution in [0.5, 0.6) is 5.75 Å². The number of carbonyl (C=O) groups excluding carboxylic acids is 1. The summed E-state index contributed by atoms with van der Waals surface area (Å²) in [4.78, 5) is 24.5. The van der Waals surface area contributed by atoms with Gasteiger partial charge >= 0.3 is 5.97 Å². The summed E-state index contributed by atoms with van der Waals surface area (Å²) in [7, 11) is 0. The maximum atomic E-state index is 12.1. The molecule has 26 heavy (non-hydrogen) atoms. The molecule has 6 nitrogen and oxygen atoms in total. The third kappa shape index (κ3) is 6.94. The number of carboxylic acid groups (broad SMARTS) is 1. The predicted molar refractivity (Wildman–Crippen MR) is 100 cm³/mol. The molecular weight excluding hydrogens is 332 g/mol. The van der Waals surface area contributed by atoms with E-state index in [9.17, 15) is 9.59 Å². The second kappa shape index (κ2) is 10.2. The fourth-order valence-electron chi connectivity index (χ4n) is 2.50. The molecule has 6 heteroatoms. The molecule has 0 fully saturated rings. The first-order valence-corrected chi connectivity index (χ1v) is 8.57. The zero-order valence-electron chi connectivity index (χ0n) is 14.9. The first kappa shape index (κ1) is 19.5. The van der Waals surface area contributed by atoms with Gasteiger partial charge in [-0.1, -0.05) is 37.3 Å². The maximum Gasteiger partial charge on any atom is 0.317 e. The van der Waals surface area contributed by atoms with Gasteiger partial charge in [-0.15, -0.1) is 0 Å². The van der Waals surface area contributed by atoms with E-state index in [1.807, 2.05) is 37.3 Å². The topological polar surface area (TPSA) is 78.9 Å². The number of nitrogens with zero attached hydrogens (tertiary/aromatic N) is 1. The Morgan fingerprint density at radius 2 is 1.73 bits per heavy atom. The number of carboxylic acids is 1. The minimum absolute atomic E-state index is 0.0480. The van der Waals surface area contributed by atoms with Crippen molar-refractivity contribution in [2.24, 2.45) is 0 Å². The maximum absolute atomic E-state index is 12.1. The Balaban J connectivity index is 1.83. The minimum Gasteiger partial charge on any atom is -0.489 e. The number of benzene rings is 2. The molecule has 0 spiro atoms.